The second kappa shape index (κ2) is 8.73. The van der Waals surface area contributed by atoms with E-state index in [1.54, 1.807) is 48.8 Å². The van der Waals surface area contributed by atoms with E-state index in [4.69, 9.17) is 13.0 Å². The Balaban J connectivity index is 0.000000321. The number of rotatable bonds is 3. The molecule has 10 nitrogen and oxygen atoms in total. The van der Waals surface area contributed by atoms with Crippen molar-refractivity contribution in [3.8, 4) is 0 Å². The summed E-state index contributed by atoms with van der Waals surface area (Å²) in [6.45, 7) is 0.986. The minimum absolute atomic E-state index is 0.235. The third-order valence-electron chi connectivity index (χ3n) is 4.03. The molecule has 0 bridgehead atoms. The van der Waals surface area contributed by atoms with Crippen molar-refractivity contribution in [1.29, 1.82) is 0 Å². The molecule has 2 aromatic rings. The average molecular weight is 458 g/mol. The maximum absolute atomic E-state index is 12.5. The zero-order valence-electron chi connectivity index (χ0n) is 15.1. The quantitative estimate of drug-likeness (QED) is 0.402. The van der Waals surface area contributed by atoms with Crippen LogP contribution in [-0.4, -0.2) is 58.2 Å². The number of piperidine rings is 1. The van der Waals surface area contributed by atoms with Crippen molar-refractivity contribution in [3.63, 3.8) is 0 Å². The fourth-order valence-electron chi connectivity index (χ4n) is 2.56. The van der Waals surface area contributed by atoms with Crippen molar-refractivity contribution < 1.29 is 39.1 Å². The van der Waals surface area contributed by atoms with Crippen LogP contribution in [0.15, 0.2) is 37.2 Å². The molecule has 1 saturated heterocycles. The standard InChI is InChI=1S/C13H18N5O2S.CHF3O3S/c1-16-9-10-18(11-16)21(19,20)17-7-3-12(4-8-17)13-14-5-2-6-15-13;2-1(3,4)8(5,6)7/h2,5-6,9-12H,3-4,7-8H2,1H3;(H,5,6,7)/q+1;. The lowest BCUT2D eigenvalue weighted by atomic mass is 9.97. The van der Waals surface area contributed by atoms with Crippen LogP contribution in [0, 0.1) is 0 Å². The van der Waals surface area contributed by atoms with Crippen molar-refractivity contribution in [1.82, 2.24) is 18.2 Å². The van der Waals surface area contributed by atoms with Gasteiger partial charge in [0.1, 0.15) is 18.2 Å². The number of halogens is 3. The molecule has 1 aliphatic rings. The van der Waals surface area contributed by atoms with Gasteiger partial charge in [0.25, 0.3) is 6.33 Å². The van der Waals surface area contributed by atoms with E-state index in [0.717, 1.165) is 18.7 Å². The van der Waals surface area contributed by atoms with Gasteiger partial charge in [-0.3, -0.25) is 4.55 Å². The van der Waals surface area contributed by atoms with Gasteiger partial charge in [-0.1, -0.05) is 0 Å². The van der Waals surface area contributed by atoms with Crippen molar-refractivity contribution in [2.24, 2.45) is 7.05 Å². The summed E-state index contributed by atoms with van der Waals surface area (Å²) in [5.41, 5.74) is -5.53. The normalized spacial score (nSPS) is 16.9. The van der Waals surface area contributed by atoms with Gasteiger partial charge in [-0.2, -0.15) is 34.3 Å². The van der Waals surface area contributed by atoms with Gasteiger partial charge in [0.2, 0.25) is 0 Å². The maximum atomic E-state index is 12.5. The van der Waals surface area contributed by atoms with Crippen LogP contribution >= 0.6 is 0 Å². The molecule has 162 valence electrons. The first-order valence-electron chi connectivity index (χ1n) is 8.17. The molecule has 0 saturated carbocycles. The van der Waals surface area contributed by atoms with E-state index >= 15 is 0 Å². The minimum atomic E-state index is -5.84. The lowest BCUT2D eigenvalue weighted by Crippen LogP contribution is -2.41. The lowest BCUT2D eigenvalue weighted by Gasteiger charge is -2.28. The number of hydrogen-bond acceptors (Lipinski definition) is 6. The molecule has 0 spiro atoms. The van der Waals surface area contributed by atoms with Gasteiger partial charge in [0.15, 0.2) is 0 Å². The number of nitrogens with zero attached hydrogens (tertiary/aromatic N) is 5. The maximum Gasteiger partial charge on any atom is 0.522 e. The van der Waals surface area contributed by atoms with Crippen LogP contribution in [0.25, 0.3) is 0 Å². The summed E-state index contributed by atoms with van der Waals surface area (Å²) in [6, 6.07) is 1.79. The van der Waals surface area contributed by atoms with Crippen LogP contribution in [-0.2, 0) is 27.4 Å². The summed E-state index contributed by atoms with van der Waals surface area (Å²) in [4.78, 5) is 8.53. The molecule has 0 atom stereocenters. The van der Waals surface area contributed by atoms with Crippen LogP contribution in [0.1, 0.15) is 24.6 Å². The number of hydrogen-bond donors (Lipinski definition) is 1. The Labute approximate surface area is 165 Å². The van der Waals surface area contributed by atoms with E-state index in [-0.39, 0.29) is 5.92 Å². The summed E-state index contributed by atoms with van der Waals surface area (Å²) in [5.74, 6) is 1.04. The second-order valence-corrected chi connectivity index (χ2v) is 9.36. The lowest BCUT2D eigenvalue weighted by molar-refractivity contribution is -0.670. The van der Waals surface area contributed by atoms with E-state index < -0.39 is 25.8 Å². The fourth-order valence-corrected chi connectivity index (χ4v) is 3.98. The van der Waals surface area contributed by atoms with E-state index in [2.05, 4.69) is 9.97 Å². The largest absolute Gasteiger partial charge is 0.522 e. The van der Waals surface area contributed by atoms with Crippen molar-refractivity contribution in [3.05, 3.63) is 43.0 Å². The average Bonchev–Trinajstić information content (AvgIpc) is 3.09. The molecule has 3 rings (SSSR count). The molecule has 0 unspecified atom stereocenters. The molecule has 1 aliphatic heterocycles. The van der Waals surface area contributed by atoms with Gasteiger partial charge in [0, 0.05) is 31.4 Å². The monoisotopic (exact) mass is 458 g/mol. The third kappa shape index (κ3) is 5.94. The summed E-state index contributed by atoms with van der Waals surface area (Å²) >= 11 is 0. The molecule has 1 fully saturated rings. The molecule has 29 heavy (non-hydrogen) atoms. The second-order valence-electron chi connectivity index (χ2n) is 6.12. The van der Waals surface area contributed by atoms with Crippen LogP contribution < -0.4 is 4.57 Å². The molecule has 0 radical (unpaired) electrons. The van der Waals surface area contributed by atoms with Crippen LogP contribution in [0.4, 0.5) is 13.2 Å². The summed E-state index contributed by atoms with van der Waals surface area (Å²) in [6.07, 6.45) is 9.77. The highest BCUT2D eigenvalue weighted by molar-refractivity contribution is 7.87. The first kappa shape index (κ1) is 23.2. The van der Waals surface area contributed by atoms with Crippen molar-refractivity contribution in [2.45, 2.75) is 24.3 Å². The van der Waals surface area contributed by atoms with E-state index in [0.29, 0.717) is 13.1 Å². The summed E-state index contributed by atoms with van der Waals surface area (Å²) in [5, 5.41) is 0. The zero-order chi connectivity index (χ0) is 21.9. The van der Waals surface area contributed by atoms with E-state index in [1.807, 2.05) is 0 Å². The Morgan fingerprint density at radius 3 is 2.07 bits per heavy atom. The molecule has 0 aliphatic carbocycles. The Morgan fingerprint density at radius 1 is 1.14 bits per heavy atom. The SMILES string of the molecule is C[n+]1ccn(S(=O)(=O)N2CCC(c3ncccn3)CC2)c1.O=S(=O)(O)C(F)(F)F. The third-order valence-corrected chi connectivity index (χ3v) is 6.39. The smallest absolute Gasteiger partial charge is 0.279 e. The summed E-state index contributed by atoms with van der Waals surface area (Å²) < 4.78 is 87.0. The van der Waals surface area contributed by atoms with E-state index in [9.17, 15) is 21.6 Å². The molecular formula is C14H19F3N5O5S2+. The van der Waals surface area contributed by atoms with Gasteiger partial charge in [-0.05, 0) is 18.9 Å². The van der Waals surface area contributed by atoms with Crippen LogP contribution in [0.2, 0.25) is 0 Å². The van der Waals surface area contributed by atoms with Crippen LogP contribution in [0.5, 0.6) is 0 Å². The van der Waals surface area contributed by atoms with Gasteiger partial charge < -0.3 is 0 Å². The Kier molecular flexibility index (Phi) is 6.97. The Hall–Kier alpha value is -2.10. The Morgan fingerprint density at radius 2 is 1.66 bits per heavy atom. The highest BCUT2D eigenvalue weighted by Gasteiger charge is 2.44. The van der Waals surface area contributed by atoms with Crippen molar-refractivity contribution in [2.75, 3.05) is 13.1 Å². The highest BCUT2D eigenvalue weighted by Crippen LogP contribution is 2.26. The zero-order valence-corrected chi connectivity index (χ0v) is 16.8. The molecule has 15 heteroatoms. The number of aromatic nitrogens is 4. The number of alkyl halides is 3. The first-order chi connectivity index (χ1) is 13.3. The van der Waals surface area contributed by atoms with Gasteiger partial charge in [-0.15, -0.1) is 3.97 Å². The summed E-state index contributed by atoms with van der Waals surface area (Å²) in [7, 11) is -7.50. The molecule has 0 aromatic carbocycles. The van der Waals surface area contributed by atoms with E-state index in [1.165, 1.54) is 8.28 Å². The molecule has 1 N–H and O–H groups in total. The predicted octanol–water partition coefficient (Wildman–Crippen LogP) is 0.469. The molecule has 0 amide bonds. The van der Waals surface area contributed by atoms with Gasteiger partial charge >= 0.3 is 25.8 Å². The molecule has 3 heterocycles. The minimum Gasteiger partial charge on any atom is -0.279 e. The topological polar surface area (TPSA) is 126 Å². The van der Waals surface area contributed by atoms with Crippen LogP contribution in [0.3, 0.4) is 0 Å². The first-order valence-corrected chi connectivity index (χ1v) is 11.0. The van der Waals surface area contributed by atoms with Gasteiger partial charge in [-0.25, -0.2) is 14.5 Å². The molecular weight excluding hydrogens is 439 g/mol. The number of aryl methyl sites for hydroxylation is 1. The van der Waals surface area contributed by atoms with Crippen molar-refractivity contribution >= 4 is 20.3 Å². The Bertz CT molecular complexity index is 1020. The highest BCUT2D eigenvalue weighted by atomic mass is 32.2. The fraction of sp³-hybridized carbons (Fsp3) is 0.500. The van der Waals surface area contributed by atoms with Gasteiger partial charge in [0.05, 0.1) is 7.05 Å². The predicted molar refractivity (Wildman–Crippen MR) is 93.1 cm³/mol. The number of imidazole rings is 1. The molecule has 2 aromatic heterocycles.